The summed E-state index contributed by atoms with van der Waals surface area (Å²) in [6.45, 7) is 6.37. The molecule has 3 aromatic heterocycles. The minimum Gasteiger partial charge on any atom is -0.398 e. The Morgan fingerprint density at radius 1 is 1.10 bits per heavy atom. The van der Waals surface area contributed by atoms with E-state index in [2.05, 4.69) is 42.3 Å². The van der Waals surface area contributed by atoms with E-state index in [4.69, 9.17) is 16.1 Å². The van der Waals surface area contributed by atoms with Crippen LogP contribution >= 0.6 is 0 Å². The number of nitrogen functional groups attached to an aromatic ring is 1. The van der Waals surface area contributed by atoms with E-state index in [1.807, 2.05) is 28.9 Å². The van der Waals surface area contributed by atoms with Crippen molar-refractivity contribution >= 4 is 34.4 Å². The van der Waals surface area contributed by atoms with Crippen molar-refractivity contribution in [2.75, 3.05) is 11.1 Å². The van der Waals surface area contributed by atoms with Gasteiger partial charge in [0.25, 0.3) is 0 Å². The lowest BCUT2D eigenvalue weighted by Crippen LogP contribution is -2.26. The van der Waals surface area contributed by atoms with Crippen molar-refractivity contribution in [2.24, 2.45) is 0 Å². The van der Waals surface area contributed by atoms with Gasteiger partial charge in [0.05, 0.1) is 17.4 Å². The van der Waals surface area contributed by atoms with Gasteiger partial charge in [-0.3, -0.25) is 4.40 Å². The highest BCUT2D eigenvalue weighted by atomic mass is 15.2. The number of pyridine rings is 1. The highest BCUT2D eigenvalue weighted by Gasteiger charge is 2.22. The number of benzene rings is 1. The number of hydrogen-bond acceptors (Lipinski definition) is 6. The number of rotatable bonds is 3. The Morgan fingerprint density at radius 2 is 1.84 bits per heavy atom. The average molecular weight is 414 g/mol. The molecule has 0 bridgehead atoms. The van der Waals surface area contributed by atoms with Crippen LogP contribution in [0.15, 0.2) is 30.7 Å². The zero-order valence-electron chi connectivity index (χ0n) is 18.2. The van der Waals surface area contributed by atoms with E-state index in [1.54, 1.807) is 0 Å². The van der Waals surface area contributed by atoms with Gasteiger partial charge in [0, 0.05) is 46.3 Å². The largest absolute Gasteiger partial charge is 0.398 e. The number of nitrogens with zero attached hydrogens (tertiary/aromatic N) is 4. The quantitative estimate of drug-likeness (QED) is 0.336. The molecule has 0 atom stereocenters. The third-order valence-corrected chi connectivity index (χ3v) is 5.83. The van der Waals surface area contributed by atoms with E-state index in [-0.39, 0.29) is 5.54 Å². The Labute approximate surface area is 181 Å². The van der Waals surface area contributed by atoms with Gasteiger partial charge in [-0.15, -0.1) is 0 Å². The number of anilines is 2. The van der Waals surface area contributed by atoms with E-state index in [9.17, 15) is 0 Å². The second kappa shape index (κ2) is 7.04. The third kappa shape index (κ3) is 3.30. The predicted octanol–water partition coefficient (Wildman–Crippen LogP) is 4.61. The lowest BCUT2D eigenvalue weighted by atomic mass is 9.85. The first-order valence-corrected chi connectivity index (χ1v) is 10.7. The number of nitrogens with one attached hydrogen (secondary N) is 2. The first kappa shape index (κ1) is 19.5. The molecule has 0 spiro atoms. The molecule has 0 fully saturated rings. The molecular formula is C24H27N7. The Kier molecular flexibility index (Phi) is 4.43. The van der Waals surface area contributed by atoms with Crippen LogP contribution < -0.4 is 11.1 Å². The number of aromatic nitrogens is 4. The minimum atomic E-state index is -0.0879. The summed E-state index contributed by atoms with van der Waals surface area (Å²) in [6.07, 6.45) is 11.3. The maximum atomic E-state index is 7.91. The van der Waals surface area contributed by atoms with Gasteiger partial charge in [-0.05, 0) is 69.7 Å². The molecule has 4 N–H and O–H groups in total. The molecule has 0 radical (unpaired) electrons. The van der Waals surface area contributed by atoms with Crippen LogP contribution in [0.1, 0.15) is 50.3 Å². The normalized spacial score (nSPS) is 14.0. The van der Waals surface area contributed by atoms with Gasteiger partial charge in [0.1, 0.15) is 5.82 Å². The SMILES string of the molecule is CC(C)(C)Nc1cnc2ncc(-c3nc4ccc(N)c(C=N)c4c4c3CCCC4)cn12. The summed E-state index contributed by atoms with van der Waals surface area (Å²) in [6, 6.07) is 3.81. The smallest absolute Gasteiger partial charge is 0.235 e. The molecule has 1 aromatic carbocycles. The zero-order chi connectivity index (χ0) is 21.8. The summed E-state index contributed by atoms with van der Waals surface area (Å²) >= 11 is 0. The van der Waals surface area contributed by atoms with E-state index >= 15 is 0 Å². The third-order valence-electron chi connectivity index (χ3n) is 5.83. The summed E-state index contributed by atoms with van der Waals surface area (Å²) in [7, 11) is 0. The van der Waals surface area contributed by atoms with Crippen LogP contribution in [0.3, 0.4) is 0 Å². The standard InChI is InChI=1S/C24H27N7/c1-24(2,3)30-20-12-28-23-27-11-14(13-31(20)23)22-16-7-5-4-6-15(16)21-17(10-25)18(26)8-9-19(21)29-22/h8-13,25,30H,4-7,26H2,1-3H3. The molecule has 0 amide bonds. The fourth-order valence-electron chi connectivity index (χ4n) is 4.53. The molecule has 0 aliphatic heterocycles. The number of nitrogens with two attached hydrogens (primary N) is 1. The van der Waals surface area contributed by atoms with Gasteiger partial charge in [-0.25, -0.2) is 15.0 Å². The number of imidazole rings is 1. The first-order chi connectivity index (χ1) is 14.9. The van der Waals surface area contributed by atoms with Crippen molar-refractivity contribution in [2.45, 2.75) is 52.0 Å². The van der Waals surface area contributed by atoms with Crippen LogP contribution in [0.5, 0.6) is 0 Å². The van der Waals surface area contributed by atoms with E-state index in [0.29, 0.717) is 11.5 Å². The molecule has 31 heavy (non-hydrogen) atoms. The maximum absolute atomic E-state index is 7.91. The van der Waals surface area contributed by atoms with Crippen molar-refractivity contribution in [3.63, 3.8) is 0 Å². The van der Waals surface area contributed by atoms with Gasteiger partial charge in [-0.1, -0.05) is 0 Å². The van der Waals surface area contributed by atoms with Crippen molar-refractivity contribution in [1.82, 2.24) is 19.4 Å². The topological polar surface area (TPSA) is 105 Å². The molecule has 7 nitrogen and oxygen atoms in total. The van der Waals surface area contributed by atoms with Crippen LogP contribution in [-0.4, -0.2) is 31.1 Å². The average Bonchev–Trinajstić information content (AvgIpc) is 3.13. The molecule has 1 aliphatic rings. The van der Waals surface area contributed by atoms with Gasteiger partial charge in [-0.2, -0.15) is 0 Å². The summed E-state index contributed by atoms with van der Waals surface area (Å²) in [5.74, 6) is 1.56. The van der Waals surface area contributed by atoms with Crippen LogP contribution in [0.2, 0.25) is 0 Å². The maximum Gasteiger partial charge on any atom is 0.235 e. The Hall–Kier alpha value is -3.48. The van der Waals surface area contributed by atoms with Crippen molar-refractivity contribution in [3.8, 4) is 11.3 Å². The van der Waals surface area contributed by atoms with Gasteiger partial charge in [0.2, 0.25) is 5.78 Å². The lowest BCUT2D eigenvalue weighted by molar-refractivity contribution is 0.629. The van der Waals surface area contributed by atoms with E-state index in [0.717, 1.165) is 59.2 Å². The lowest BCUT2D eigenvalue weighted by Gasteiger charge is -2.23. The van der Waals surface area contributed by atoms with Crippen molar-refractivity contribution in [1.29, 1.82) is 5.41 Å². The first-order valence-electron chi connectivity index (χ1n) is 10.7. The molecule has 7 heteroatoms. The van der Waals surface area contributed by atoms with Crippen molar-refractivity contribution in [3.05, 3.63) is 47.4 Å². The molecule has 3 heterocycles. The second-order valence-corrected chi connectivity index (χ2v) is 9.26. The van der Waals surface area contributed by atoms with E-state index < -0.39 is 0 Å². The molecule has 0 saturated heterocycles. The number of aryl methyl sites for hydroxylation is 1. The number of fused-ring (bicyclic) bond motifs is 4. The Morgan fingerprint density at radius 3 is 2.58 bits per heavy atom. The van der Waals surface area contributed by atoms with Crippen LogP contribution in [-0.2, 0) is 12.8 Å². The predicted molar refractivity (Wildman–Crippen MR) is 126 cm³/mol. The summed E-state index contributed by atoms with van der Waals surface area (Å²) in [5, 5.41) is 12.4. The van der Waals surface area contributed by atoms with Gasteiger partial charge < -0.3 is 16.5 Å². The monoisotopic (exact) mass is 413 g/mol. The molecule has 5 rings (SSSR count). The summed E-state index contributed by atoms with van der Waals surface area (Å²) < 4.78 is 1.99. The van der Waals surface area contributed by atoms with Crippen LogP contribution in [0, 0.1) is 5.41 Å². The summed E-state index contributed by atoms with van der Waals surface area (Å²) in [4.78, 5) is 14.1. The Bertz CT molecular complexity index is 1330. The fraction of sp³-hybridized carbons (Fsp3) is 0.333. The Balaban J connectivity index is 1.75. The van der Waals surface area contributed by atoms with E-state index in [1.165, 1.54) is 17.3 Å². The van der Waals surface area contributed by atoms with Crippen LogP contribution in [0.4, 0.5) is 11.5 Å². The molecule has 1 aliphatic carbocycles. The van der Waals surface area contributed by atoms with Gasteiger partial charge >= 0.3 is 0 Å². The second-order valence-electron chi connectivity index (χ2n) is 9.26. The molecular weight excluding hydrogens is 386 g/mol. The fourth-order valence-corrected chi connectivity index (χ4v) is 4.53. The van der Waals surface area contributed by atoms with Gasteiger partial charge in [0.15, 0.2) is 0 Å². The minimum absolute atomic E-state index is 0.0879. The molecule has 158 valence electrons. The highest BCUT2D eigenvalue weighted by Crippen LogP contribution is 2.37. The molecule has 0 unspecified atom stereocenters. The number of hydrogen-bond donors (Lipinski definition) is 3. The molecule has 0 saturated carbocycles. The summed E-state index contributed by atoms with van der Waals surface area (Å²) in [5.41, 5.74) is 12.8. The van der Waals surface area contributed by atoms with Crippen LogP contribution in [0.25, 0.3) is 27.9 Å². The van der Waals surface area contributed by atoms with Crippen molar-refractivity contribution < 1.29 is 0 Å². The molecule has 4 aromatic rings. The zero-order valence-corrected chi connectivity index (χ0v) is 18.2. The highest BCUT2D eigenvalue weighted by molar-refractivity contribution is 6.05.